The van der Waals surface area contributed by atoms with Gasteiger partial charge in [-0.25, -0.2) is 13.4 Å². The van der Waals surface area contributed by atoms with E-state index in [9.17, 15) is 23.2 Å². The van der Waals surface area contributed by atoms with Crippen molar-refractivity contribution >= 4 is 35.6 Å². The standard InChI is InChI=1S/C19H22N5O8PS/c1-8(2)9-3-5-10(6-4-9)34(28,29)19-21-12-15(22-18(20)23-16(12)26)24(19)17-13(25)14-11(31-17)7-30-33(27)32-14/h3-6,8,11,13-14,17,25,27H,7H2,1-2H3,(H3,20,22,23,26)/t11?,13?,14-,17-,33?/m1/s1. The largest absolute Gasteiger partial charge is 0.386 e. The van der Waals surface area contributed by atoms with Gasteiger partial charge in [0.25, 0.3) is 5.56 Å². The lowest BCUT2D eigenvalue weighted by Gasteiger charge is -2.27. The van der Waals surface area contributed by atoms with Crippen molar-refractivity contribution < 1.29 is 32.2 Å². The molecule has 2 fully saturated rings. The number of aliphatic hydroxyl groups is 1. The maximum atomic E-state index is 13.6. The molecule has 2 aliphatic heterocycles. The van der Waals surface area contributed by atoms with Crippen LogP contribution in [0.4, 0.5) is 5.95 Å². The molecule has 0 amide bonds. The van der Waals surface area contributed by atoms with Crippen molar-refractivity contribution in [2.45, 2.75) is 54.4 Å². The van der Waals surface area contributed by atoms with Gasteiger partial charge in [-0.3, -0.25) is 14.3 Å². The molecule has 2 saturated heterocycles. The molecule has 15 heteroatoms. The minimum Gasteiger partial charge on any atom is -0.386 e. The third-order valence-electron chi connectivity index (χ3n) is 5.76. The Kier molecular flexibility index (Phi) is 5.72. The van der Waals surface area contributed by atoms with E-state index in [0.29, 0.717) is 0 Å². The van der Waals surface area contributed by atoms with Gasteiger partial charge in [-0.15, -0.1) is 0 Å². The van der Waals surface area contributed by atoms with Gasteiger partial charge in [-0.05, 0) is 23.6 Å². The fraction of sp³-hybridized carbons (Fsp3) is 0.421. The molecule has 34 heavy (non-hydrogen) atoms. The molecule has 3 aromatic rings. The summed E-state index contributed by atoms with van der Waals surface area (Å²) in [6.45, 7) is 3.88. The number of nitrogens with zero attached hydrogens (tertiary/aromatic N) is 3. The van der Waals surface area contributed by atoms with Crippen LogP contribution in [0.15, 0.2) is 39.1 Å². The molecule has 2 aromatic heterocycles. The minimum absolute atomic E-state index is 0.0683. The summed E-state index contributed by atoms with van der Waals surface area (Å²) in [5, 5.41) is 10.4. The number of aliphatic hydroxyl groups excluding tert-OH is 1. The number of anilines is 1. The van der Waals surface area contributed by atoms with E-state index in [4.69, 9.17) is 19.5 Å². The summed E-state index contributed by atoms with van der Waals surface area (Å²) in [5.41, 5.74) is 5.41. The van der Waals surface area contributed by atoms with Gasteiger partial charge in [0, 0.05) is 0 Å². The fourth-order valence-electron chi connectivity index (χ4n) is 4.01. The number of aromatic amines is 1. The predicted octanol–water partition coefficient (Wildman–Crippen LogP) is 0.551. The van der Waals surface area contributed by atoms with Gasteiger partial charge in [0.1, 0.15) is 18.3 Å². The first-order valence-corrected chi connectivity index (χ1v) is 12.9. The van der Waals surface area contributed by atoms with Crippen LogP contribution in [0, 0.1) is 0 Å². The highest BCUT2D eigenvalue weighted by Gasteiger charge is 2.51. The Hall–Kier alpha value is -2.45. The van der Waals surface area contributed by atoms with Crippen LogP contribution in [0.5, 0.6) is 0 Å². The van der Waals surface area contributed by atoms with Gasteiger partial charge >= 0.3 is 8.60 Å². The quantitative estimate of drug-likeness (QED) is 0.358. The van der Waals surface area contributed by atoms with Crippen LogP contribution < -0.4 is 11.3 Å². The van der Waals surface area contributed by atoms with Gasteiger partial charge in [0.2, 0.25) is 20.9 Å². The van der Waals surface area contributed by atoms with Crippen LogP contribution in [-0.4, -0.2) is 62.9 Å². The SMILES string of the molecule is CC(C)c1ccc(S(=O)(=O)c2nc3c(=O)[nH]c(N)nc3n2[C@@H]2OC3COP(O)O[C@H]3C2O)cc1. The minimum atomic E-state index is -4.30. The zero-order valence-electron chi connectivity index (χ0n) is 18.0. The lowest BCUT2D eigenvalue weighted by atomic mass is 10.0. The number of hydrogen-bond acceptors (Lipinski definition) is 11. The second-order valence-electron chi connectivity index (χ2n) is 8.27. The van der Waals surface area contributed by atoms with Gasteiger partial charge in [0.05, 0.1) is 11.5 Å². The summed E-state index contributed by atoms with van der Waals surface area (Å²) in [6, 6.07) is 6.28. The highest BCUT2D eigenvalue weighted by molar-refractivity contribution is 7.91. The first-order chi connectivity index (χ1) is 16.1. The van der Waals surface area contributed by atoms with Crippen LogP contribution in [0.2, 0.25) is 0 Å². The Balaban J connectivity index is 1.69. The normalized spacial score (nSPS) is 27.4. The molecule has 0 saturated carbocycles. The van der Waals surface area contributed by atoms with Crippen LogP contribution in [0.1, 0.15) is 31.6 Å². The van der Waals surface area contributed by atoms with E-state index in [1.54, 1.807) is 12.1 Å². The highest BCUT2D eigenvalue weighted by Crippen LogP contribution is 2.47. The maximum absolute atomic E-state index is 13.6. The van der Waals surface area contributed by atoms with E-state index in [-0.39, 0.29) is 34.5 Å². The number of aromatic nitrogens is 4. The number of H-pyrrole nitrogens is 1. The van der Waals surface area contributed by atoms with Crippen molar-refractivity contribution in [1.82, 2.24) is 19.5 Å². The van der Waals surface area contributed by atoms with Crippen molar-refractivity contribution in [3.8, 4) is 0 Å². The van der Waals surface area contributed by atoms with Gasteiger partial charge in [-0.1, -0.05) is 26.0 Å². The van der Waals surface area contributed by atoms with Gasteiger partial charge < -0.3 is 29.5 Å². The summed E-state index contributed by atoms with van der Waals surface area (Å²) in [4.78, 5) is 32.6. The molecule has 0 spiro atoms. The van der Waals surface area contributed by atoms with Crippen molar-refractivity contribution in [1.29, 1.82) is 0 Å². The fourth-order valence-corrected chi connectivity index (χ4v) is 6.18. The maximum Gasteiger partial charge on any atom is 0.330 e. The monoisotopic (exact) mass is 511 g/mol. The Labute approximate surface area is 194 Å². The Morgan fingerprint density at radius 3 is 2.65 bits per heavy atom. The Bertz CT molecular complexity index is 1410. The van der Waals surface area contributed by atoms with Crippen LogP contribution in [0.25, 0.3) is 11.2 Å². The van der Waals surface area contributed by atoms with Crippen LogP contribution in [-0.2, 0) is 23.6 Å². The molecular formula is C19H22N5O8PS. The number of ether oxygens (including phenoxy) is 1. The molecule has 4 heterocycles. The molecule has 0 aliphatic carbocycles. The number of nitrogen functional groups attached to an aromatic ring is 1. The molecule has 182 valence electrons. The molecule has 0 radical (unpaired) electrons. The number of rotatable bonds is 4. The summed E-state index contributed by atoms with van der Waals surface area (Å²) in [6.07, 6.45) is -4.59. The third kappa shape index (κ3) is 3.71. The number of imidazole rings is 1. The van der Waals surface area contributed by atoms with Crippen molar-refractivity contribution in [3.63, 3.8) is 0 Å². The van der Waals surface area contributed by atoms with Crippen molar-refractivity contribution in [2.24, 2.45) is 0 Å². The second kappa shape index (κ2) is 8.34. The summed E-state index contributed by atoms with van der Waals surface area (Å²) in [7, 11) is -6.52. The summed E-state index contributed by atoms with van der Waals surface area (Å²) in [5.74, 6) is -0.0797. The Morgan fingerprint density at radius 1 is 1.26 bits per heavy atom. The van der Waals surface area contributed by atoms with E-state index in [1.807, 2.05) is 13.8 Å². The number of fused-ring (bicyclic) bond motifs is 2. The van der Waals surface area contributed by atoms with E-state index >= 15 is 0 Å². The number of sulfone groups is 1. The molecular weight excluding hydrogens is 489 g/mol. The lowest BCUT2D eigenvalue weighted by Crippen LogP contribution is -2.38. The first kappa shape index (κ1) is 23.3. The first-order valence-electron chi connectivity index (χ1n) is 10.3. The van der Waals surface area contributed by atoms with Crippen molar-refractivity contribution in [3.05, 3.63) is 40.2 Å². The van der Waals surface area contributed by atoms with E-state index < -0.39 is 53.7 Å². The van der Waals surface area contributed by atoms with Crippen molar-refractivity contribution in [2.75, 3.05) is 12.3 Å². The smallest absolute Gasteiger partial charge is 0.330 e. The third-order valence-corrected chi connectivity index (χ3v) is 8.21. The van der Waals surface area contributed by atoms with E-state index in [1.165, 1.54) is 12.1 Å². The molecule has 0 bridgehead atoms. The van der Waals surface area contributed by atoms with Gasteiger partial charge in [-0.2, -0.15) is 4.98 Å². The number of nitrogens with one attached hydrogen (secondary N) is 1. The summed E-state index contributed by atoms with van der Waals surface area (Å²) >= 11 is 0. The average molecular weight is 511 g/mol. The second-order valence-corrected chi connectivity index (χ2v) is 11.1. The molecule has 1 aromatic carbocycles. The van der Waals surface area contributed by atoms with Crippen LogP contribution in [0.3, 0.4) is 0 Å². The molecule has 2 aliphatic rings. The predicted molar refractivity (Wildman–Crippen MR) is 118 cm³/mol. The zero-order valence-corrected chi connectivity index (χ0v) is 19.7. The van der Waals surface area contributed by atoms with Gasteiger partial charge in [0.15, 0.2) is 17.4 Å². The van der Waals surface area contributed by atoms with Crippen LogP contribution >= 0.6 is 8.60 Å². The summed E-state index contributed by atoms with van der Waals surface area (Å²) < 4.78 is 44.5. The zero-order chi connectivity index (χ0) is 24.4. The topological polar surface area (TPSA) is 192 Å². The van der Waals surface area contributed by atoms with E-state index in [2.05, 4.69) is 15.0 Å². The highest BCUT2D eigenvalue weighted by atomic mass is 32.2. The molecule has 5 rings (SSSR count). The molecule has 5 N–H and O–H groups in total. The number of benzene rings is 1. The lowest BCUT2D eigenvalue weighted by molar-refractivity contribution is -0.0615. The molecule has 3 unspecified atom stereocenters. The molecule has 5 atom stereocenters. The number of hydrogen-bond donors (Lipinski definition) is 4. The van der Waals surface area contributed by atoms with E-state index in [0.717, 1.165) is 10.1 Å². The Morgan fingerprint density at radius 2 is 1.97 bits per heavy atom. The average Bonchev–Trinajstić information content (AvgIpc) is 3.32. The number of nitrogens with two attached hydrogens (primary N) is 1. The molecule has 13 nitrogen and oxygen atoms in total.